The number of rotatable bonds is 4. The van der Waals surface area contributed by atoms with Crippen molar-refractivity contribution in [2.75, 3.05) is 0 Å². The number of nitrogens with zero attached hydrogens (tertiary/aromatic N) is 2. The molecule has 0 atom stereocenters. The van der Waals surface area contributed by atoms with Crippen LogP contribution < -0.4 is 11.3 Å². The maximum Gasteiger partial charge on any atom is 0.271 e. The lowest BCUT2D eigenvalue weighted by molar-refractivity contribution is 0.462. The van der Waals surface area contributed by atoms with E-state index < -0.39 is 0 Å². The summed E-state index contributed by atoms with van der Waals surface area (Å²) in [5.74, 6) is 0.356. The summed E-state index contributed by atoms with van der Waals surface area (Å²) in [6.45, 7) is 9.08. The van der Waals surface area contributed by atoms with Crippen molar-refractivity contribution in [3.63, 3.8) is 0 Å². The molecule has 0 aliphatic heterocycles. The lowest BCUT2D eigenvalue weighted by atomic mass is 10.0. The highest BCUT2D eigenvalue weighted by molar-refractivity contribution is 5.64. The molecule has 1 aromatic heterocycles. The number of hydrogen-bond acceptors (Lipinski definition) is 3. The molecular formula is C17H23N3O. The average Bonchev–Trinajstić information content (AvgIpc) is 2.43. The van der Waals surface area contributed by atoms with Crippen LogP contribution in [-0.4, -0.2) is 9.78 Å². The van der Waals surface area contributed by atoms with E-state index in [0.717, 1.165) is 16.8 Å². The molecule has 0 unspecified atom stereocenters. The highest BCUT2D eigenvalue weighted by Gasteiger charge is 2.11. The third-order valence-electron chi connectivity index (χ3n) is 3.48. The van der Waals surface area contributed by atoms with Gasteiger partial charge in [0.25, 0.3) is 5.56 Å². The van der Waals surface area contributed by atoms with Crippen LogP contribution in [0.1, 0.15) is 30.5 Å². The monoisotopic (exact) mass is 285 g/mol. The van der Waals surface area contributed by atoms with Crippen LogP contribution in [0.5, 0.6) is 0 Å². The van der Waals surface area contributed by atoms with Gasteiger partial charge in [0.05, 0.1) is 5.69 Å². The Morgan fingerprint density at radius 3 is 2.57 bits per heavy atom. The van der Waals surface area contributed by atoms with Crippen LogP contribution >= 0.6 is 0 Å². The van der Waals surface area contributed by atoms with Crippen LogP contribution in [0.4, 0.5) is 0 Å². The molecule has 2 N–H and O–H groups in total. The molecular weight excluding hydrogens is 262 g/mol. The normalized spacial score (nSPS) is 11.1. The van der Waals surface area contributed by atoms with E-state index in [2.05, 4.69) is 51.0 Å². The summed E-state index contributed by atoms with van der Waals surface area (Å²) in [6.07, 6.45) is 0. The Balaban J connectivity index is 2.63. The van der Waals surface area contributed by atoms with Crippen LogP contribution in [0, 0.1) is 19.8 Å². The lowest BCUT2D eigenvalue weighted by Crippen LogP contribution is -2.29. The van der Waals surface area contributed by atoms with Crippen molar-refractivity contribution >= 4 is 0 Å². The van der Waals surface area contributed by atoms with Gasteiger partial charge in [-0.15, -0.1) is 0 Å². The SMILES string of the molecule is Cc1ccc(C)c(-c2cc(CN)c(=O)n(CC(C)C)n2)c1. The predicted molar refractivity (Wildman–Crippen MR) is 86.1 cm³/mol. The first-order valence-corrected chi connectivity index (χ1v) is 7.31. The standard InChI is InChI=1S/C17H23N3O/c1-11(2)10-20-17(21)14(9-18)8-16(19-20)15-7-12(3)5-6-13(15)4/h5-8,11H,9-10,18H2,1-4H3. The van der Waals surface area contributed by atoms with Gasteiger partial charge >= 0.3 is 0 Å². The summed E-state index contributed by atoms with van der Waals surface area (Å²) in [7, 11) is 0. The maximum atomic E-state index is 12.3. The second-order valence-electron chi connectivity index (χ2n) is 5.96. The second kappa shape index (κ2) is 6.22. The number of aromatic nitrogens is 2. The van der Waals surface area contributed by atoms with Gasteiger partial charge in [0.15, 0.2) is 0 Å². The number of nitrogens with two attached hydrogens (primary N) is 1. The van der Waals surface area contributed by atoms with E-state index in [0.29, 0.717) is 18.0 Å². The molecule has 4 nitrogen and oxygen atoms in total. The van der Waals surface area contributed by atoms with E-state index in [1.165, 1.54) is 5.56 Å². The van der Waals surface area contributed by atoms with Crippen molar-refractivity contribution < 1.29 is 0 Å². The molecule has 4 heteroatoms. The first-order valence-electron chi connectivity index (χ1n) is 7.31. The minimum Gasteiger partial charge on any atom is -0.326 e. The molecule has 0 saturated carbocycles. The highest BCUT2D eigenvalue weighted by atomic mass is 16.1. The van der Waals surface area contributed by atoms with Gasteiger partial charge in [-0.3, -0.25) is 4.79 Å². The fourth-order valence-electron chi connectivity index (χ4n) is 2.36. The van der Waals surface area contributed by atoms with Gasteiger partial charge < -0.3 is 5.73 Å². The van der Waals surface area contributed by atoms with Gasteiger partial charge in [0.2, 0.25) is 0 Å². The first kappa shape index (κ1) is 15.4. The van der Waals surface area contributed by atoms with Crippen LogP contribution in [0.3, 0.4) is 0 Å². The molecule has 0 fully saturated rings. The van der Waals surface area contributed by atoms with Gasteiger partial charge in [-0.25, -0.2) is 4.68 Å². The van der Waals surface area contributed by atoms with Crippen molar-refractivity contribution in [1.82, 2.24) is 9.78 Å². The Hall–Kier alpha value is -1.94. The summed E-state index contributed by atoms with van der Waals surface area (Å²) in [4.78, 5) is 12.3. The maximum absolute atomic E-state index is 12.3. The zero-order valence-corrected chi connectivity index (χ0v) is 13.2. The smallest absolute Gasteiger partial charge is 0.271 e. The lowest BCUT2D eigenvalue weighted by Gasteiger charge is -2.13. The van der Waals surface area contributed by atoms with Crippen molar-refractivity contribution in [3.05, 3.63) is 51.3 Å². The molecule has 0 aliphatic rings. The molecule has 2 aromatic rings. The van der Waals surface area contributed by atoms with E-state index in [-0.39, 0.29) is 12.1 Å². The molecule has 0 radical (unpaired) electrons. The van der Waals surface area contributed by atoms with Crippen LogP contribution in [-0.2, 0) is 13.1 Å². The van der Waals surface area contributed by atoms with Crippen LogP contribution in [0.2, 0.25) is 0 Å². The van der Waals surface area contributed by atoms with Crippen molar-refractivity contribution in [2.45, 2.75) is 40.8 Å². The number of hydrogen-bond donors (Lipinski definition) is 1. The summed E-state index contributed by atoms with van der Waals surface area (Å²) in [5.41, 5.74) is 10.4. The summed E-state index contributed by atoms with van der Waals surface area (Å²) < 4.78 is 1.55. The molecule has 0 saturated heterocycles. The largest absolute Gasteiger partial charge is 0.326 e. The van der Waals surface area contributed by atoms with E-state index in [1.54, 1.807) is 4.68 Å². The molecule has 1 aromatic carbocycles. The van der Waals surface area contributed by atoms with Gasteiger partial charge in [-0.1, -0.05) is 31.5 Å². The van der Waals surface area contributed by atoms with Crippen molar-refractivity contribution in [2.24, 2.45) is 11.7 Å². The second-order valence-corrected chi connectivity index (χ2v) is 5.96. The zero-order valence-electron chi connectivity index (χ0n) is 13.2. The fourth-order valence-corrected chi connectivity index (χ4v) is 2.36. The highest BCUT2D eigenvalue weighted by Crippen LogP contribution is 2.22. The third-order valence-corrected chi connectivity index (χ3v) is 3.48. The molecule has 0 amide bonds. The minimum atomic E-state index is -0.0831. The Morgan fingerprint density at radius 2 is 1.95 bits per heavy atom. The van der Waals surface area contributed by atoms with Gasteiger partial charge in [-0.2, -0.15) is 5.10 Å². The topological polar surface area (TPSA) is 60.9 Å². The molecule has 112 valence electrons. The number of benzene rings is 1. The van der Waals surface area contributed by atoms with Crippen molar-refractivity contribution in [1.29, 1.82) is 0 Å². The third kappa shape index (κ3) is 3.39. The van der Waals surface area contributed by atoms with E-state index >= 15 is 0 Å². The average molecular weight is 285 g/mol. The van der Waals surface area contributed by atoms with E-state index in [9.17, 15) is 4.79 Å². The summed E-state index contributed by atoms with van der Waals surface area (Å²) in [6, 6.07) is 8.07. The fraction of sp³-hybridized carbons (Fsp3) is 0.412. The Morgan fingerprint density at radius 1 is 1.24 bits per heavy atom. The Bertz CT molecular complexity index is 702. The predicted octanol–water partition coefficient (Wildman–Crippen LogP) is 2.64. The first-order chi connectivity index (χ1) is 9.92. The Kier molecular flexibility index (Phi) is 4.58. The molecule has 21 heavy (non-hydrogen) atoms. The van der Waals surface area contributed by atoms with Crippen LogP contribution in [0.25, 0.3) is 11.3 Å². The van der Waals surface area contributed by atoms with Crippen LogP contribution in [0.15, 0.2) is 29.1 Å². The molecule has 0 bridgehead atoms. The molecule has 2 rings (SSSR count). The molecule has 0 spiro atoms. The summed E-state index contributed by atoms with van der Waals surface area (Å²) >= 11 is 0. The molecule has 0 aliphatic carbocycles. The summed E-state index contributed by atoms with van der Waals surface area (Å²) in [5, 5.41) is 4.54. The van der Waals surface area contributed by atoms with Crippen molar-refractivity contribution in [3.8, 4) is 11.3 Å². The molecule has 1 heterocycles. The van der Waals surface area contributed by atoms with Gasteiger partial charge in [0.1, 0.15) is 0 Å². The minimum absolute atomic E-state index is 0.0831. The van der Waals surface area contributed by atoms with E-state index in [4.69, 9.17) is 5.73 Å². The van der Waals surface area contributed by atoms with E-state index in [1.807, 2.05) is 6.07 Å². The number of aryl methyl sites for hydroxylation is 2. The van der Waals surface area contributed by atoms with Gasteiger partial charge in [-0.05, 0) is 37.5 Å². The zero-order chi connectivity index (χ0) is 15.6. The Labute approximate surface area is 125 Å². The quantitative estimate of drug-likeness (QED) is 0.939. The van der Waals surface area contributed by atoms with Gasteiger partial charge in [0, 0.05) is 24.2 Å².